The lowest BCUT2D eigenvalue weighted by atomic mass is 10.1. The van der Waals surface area contributed by atoms with Gasteiger partial charge in [-0.3, -0.25) is 4.79 Å². The highest BCUT2D eigenvalue weighted by atomic mass is 32.2. The van der Waals surface area contributed by atoms with Crippen LogP contribution in [0.1, 0.15) is 27.0 Å². The van der Waals surface area contributed by atoms with Crippen LogP contribution in [-0.2, 0) is 12.3 Å². The molecule has 3 heteroatoms. The maximum atomic E-state index is 12.3. The fourth-order valence-corrected chi connectivity index (χ4v) is 3.40. The van der Waals surface area contributed by atoms with Crippen LogP contribution in [-0.4, -0.2) is 5.91 Å². The summed E-state index contributed by atoms with van der Waals surface area (Å²) in [5, 5.41) is 2.99. The molecule has 0 aromatic heterocycles. The van der Waals surface area contributed by atoms with E-state index in [1.807, 2.05) is 60.7 Å². The first-order chi connectivity index (χ1) is 12.2. The van der Waals surface area contributed by atoms with Crippen LogP contribution in [0.4, 0.5) is 0 Å². The van der Waals surface area contributed by atoms with Crippen LogP contribution in [0.25, 0.3) is 0 Å². The Kier molecular flexibility index (Phi) is 5.91. The average Bonchev–Trinajstić information content (AvgIpc) is 2.67. The second-order valence-electron chi connectivity index (χ2n) is 5.91. The van der Waals surface area contributed by atoms with Crippen LogP contribution >= 0.6 is 11.8 Å². The maximum absolute atomic E-state index is 12.3. The van der Waals surface area contributed by atoms with Gasteiger partial charge in [0, 0.05) is 22.8 Å². The molecule has 3 rings (SSSR count). The Morgan fingerprint density at radius 1 is 0.880 bits per heavy atom. The highest BCUT2D eigenvalue weighted by Crippen LogP contribution is 2.22. The van der Waals surface area contributed by atoms with Crippen molar-refractivity contribution in [3.05, 3.63) is 101 Å². The zero-order valence-corrected chi connectivity index (χ0v) is 15.1. The topological polar surface area (TPSA) is 29.1 Å². The number of carbonyl (C=O) groups excluding carboxylic acids is 1. The highest BCUT2D eigenvalue weighted by molar-refractivity contribution is 7.98. The first-order valence-corrected chi connectivity index (χ1v) is 9.30. The third-order valence-electron chi connectivity index (χ3n) is 4.07. The van der Waals surface area contributed by atoms with Crippen LogP contribution in [0.15, 0.2) is 83.8 Å². The Morgan fingerprint density at radius 3 is 2.28 bits per heavy atom. The number of benzene rings is 3. The van der Waals surface area contributed by atoms with Crippen molar-refractivity contribution in [1.82, 2.24) is 5.32 Å². The summed E-state index contributed by atoms with van der Waals surface area (Å²) in [5.74, 6) is 0.861. The third kappa shape index (κ3) is 4.97. The molecule has 1 N–H and O–H groups in total. The van der Waals surface area contributed by atoms with Crippen LogP contribution < -0.4 is 5.32 Å². The van der Waals surface area contributed by atoms with Gasteiger partial charge in [-0.15, -0.1) is 11.8 Å². The summed E-state index contributed by atoms with van der Waals surface area (Å²) in [7, 11) is 0. The lowest BCUT2D eigenvalue weighted by Crippen LogP contribution is -2.23. The molecule has 0 fully saturated rings. The summed E-state index contributed by atoms with van der Waals surface area (Å²) in [6.45, 7) is 2.61. The van der Waals surface area contributed by atoms with Gasteiger partial charge in [0.2, 0.25) is 0 Å². The smallest absolute Gasteiger partial charge is 0.251 e. The fraction of sp³-hybridized carbons (Fsp3) is 0.136. The van der Waals surface area contributed by atoms with Gasteiger partial charge >= 0.3 is 0 Å². The lowest BCUT2D eigenvalue weighted by molar-refractivity contribution is 0.0951. The Balaban J connectivity index is 1.54. The molecule has 0 spiro atoms. The molecule has 0 bridgehead atoms. The predicted octanol–water partition coefficient (Wildman–Crippen LogP) is 5.22. The summed E-state index contributed by atoms with van der Waals surface area (Å²) in [5.41, 5.74) is 4.24. The van der Waals surface area contributed by atoms with E-state index in [0.29, 0.717) is 12.1 Å². The van der Waals surface area contributed by atoms with E-state index < -0.39 is 0 Å². The second kappa shape index (κ2) is 8.54. The molecule has 0 saturated heterocycles. The molecule has 126 valence electrons. The van der Waals surface area contributed by atoms with Crippen molar-refractivity contribution in [3.63, 3.8) is 0 Å². The minimum atomic E-state index is -0.0366. The number of aryl methyl sites for hydroxylation is 1. The fourth-order valence-electron chi connectivity index (χ4n) is 2.52. The number of carbonyl (C=O) groups is 1. The van der Waals surface area contributed by atoms with Crippen molar-refractivity contribution in [2.45, 2.75) is 24.1 Å². The predicted molar refractivity (Wildman–Crippen MR) is 105 cm³/mol. The largest absolute Gasteiger partial charge is 0.348 e. The van der Waals surface area contributed by atoms with Crippen LogP contribution in [0.3, 0.4) is 0 Å². The molecule has 0 atom stereocenters. The van der Waals surface area contributed by atoms with Crippen LogP contribution in [0.5, 0.6) is 0 Å². The number of amides is 1. The quantitative estimate of drug-likeness (QED) is 0.620. The molecule has 1 amide bonds. The average molecular weight is 347 g/mol. The van der Waals surface area contributed by atoms with Crippen molar-refractivity contribution in [2.24, 2.45) is 0 Å². The number of nitrogens with one attached hydrogen (secondary N) is 1. The van der Waals surface area contributed by atoms with Gasteiger partial charge in [-0.05, 0) is 47.9 Å². The molecule has 25 heavy (non-hydrogen) atoms. The lowest BCUT2D eigenvalue weighted by Gasteiger charge is -2.08. The zero-order chi connectivity index (χ0) is 17.5. The molecule has 3 aromatic rings. The molecular formula is C22H21NOS. The van der Waals surface area contributed by atoms with E-state index in [4.69, 9.17) is 0 Å². The van der Waals surface area contributed by atoms with Crippen molar-refractivity contribution in [3.8, 4) is 0 Å². The van der Waals surface area contributed by atoms with E-state index >= 15 is 0 Å². The van der Waals surface area contributed by atoms with Gasteiger partial charge < -0.3 is 5.32 Å². The third-order valence-corrected chi connectivity index (χ3v) is 5.15. The van der Waals surface area contributed by atoms with Gasteiger partial charge in [0.15, 0.2) is 0 Å². The van der Waals surface area contributed by atoms with Gasteiger partial charge in [0.1, 0.15) is 0 Å². The van der Waals surface area contributed by atoms with Gasteiger partial charge in [0.05, 0.1) is 0 Å². The van der Waals surface area contributed by atoms with Gasteiger partial charge in [0.25, 0.3) is 5.91 Å². The van der Waals surface area contributed by atoms with Crippen molar-refractivity contribution in [1.29, 1.82) is 0 Å². The molecule has 0 radical (unpaired) electrons. The summed E-state index contributed by atoms with van der Waals surface area (Å²) < 4.78 is 0. The Hall–Kier alpha value is -2.52. The number of rotatable bonds is 6. The van der Waals surface area contributed by atoms with Crippen LogP contribution in [0, 0.1) is 6.92 Å². The first-order valence-electron chi connectivity index (χ1n) is 8.32. The van der Waals surface area contributed by atoms with Gasteiger partial charge in [-0.2, -0.15) is 0 Å². The van der Waals surface area contributed by atoms with Crippen molar-refractivity contribution >= 4 is 17.7 Å². The SMILES string of the molecule is Cc1ccccc1CNC(=O)c1ccc(CSc2ccccc2)cc1. The standard InChI is InChI=1S/C22H21NOS/c1-17-7-5-6-8-20(17)15-23-22(24)19-13-11-18(12-14-19)16-25-21-9-3-2-4-10-21/h2-14H,15-16H2,1H3,(H,23,24). The minimum Gasteiger partial charge on any atom is -0.348 e. The van der Waals surface area contributed by atoms with E-state index in [2.05, 4.69) is 30.4 Å². The van der Waals surface area contributed by atoms with Crippen LogP contribution in [0.2, 0.25) is 0 Å². The molecular weight excluding hydrogens is 326 g/mol. The monoisotopic (exact) mass is 347 g/mol. The Labute approximate surface area is 153 Å². The van der Waals surface area contributed by atoms with Crippen molar-refractivity contribution in [2.75, 3.05) is 0 Å². The Bertz CT molecular complexity index is 828. The number of hydrogen-bond acceptors (Lipinski definition) is 2. The molecule has 2 nitrogen and oxygen atoms in total. The summed E-state index contributed by atoms with van der Waals surface area (Å²) >= 11 is 1.80. The second-order valence-corrected chi connectivity index (χ2v) is 6.96. The molecule has 0 unspecified atom stereocenters. The summed E-state index contributed by atoms with van der Waals surface area (Å²) in [4.78, 5) is 13.6. The summed E-state index contributed by atoms with van der Waals surface area (Å²) in [6, 6.07) is 26.3. The Morgan fingerprint density at radius 2 is 1.56 bits per heavy atom. The van der Waals surface area contributed by atoms with E-state index in [1.165, 1.54) is 16.0 Å². The van der Waals surface area contributed by atoms with E-state index in [-0.39, 0.29) is 5.91 Å². The minimum absolute atomic E-state index is 0.0366. The molecule has 0 saturated carbocycles. The zero-order valence-electron chi connectivity index (χ0n) is 14.2. The molecule has 3 aromatic carbocycles. The van der Waals surface area contributed by atoms with E-state index in [0.717, 1.165) is 11.3 Å². The molecule has 0 heterocycles. The molecule has 0 aliphatic rings. The van der Waals surface area contributed by atoms with E-state index in [1.54, 1.807) is 11.8 Å². The first kappa shape index (κ1) is 17.3. The normalized spacial score (nSPS) is 10.4. The van der Waals surface area contributed by atoms with Crippen molar-refractivity contribution < 1.29 is 4.79 Å². The molecule has 0 aliphatic carbocycles. The number of thioether (sulfide) groups is 1. The van der Waals surface area contributed by atoms with Gasteiger partial charge in [-0.25, -0.2) is 0 Å². The number of hydrogen-bond donors (Lipinski definition) is 1. The van der Waals surface area contributed by atoms with Gasteiger partial charge in [-0.1, -0.05) is 54.6 Å². The molecule has 0 aliphatic heterocycles. The van der Waals surface area contributed by atoms with E-state index in [9.17, 15) is 4.79 Å². The maximum Gasteiger partial charge on any atom is 0.251 e. The highest BCUT2D eigenvalue weighted by Gasteiger charge is 2.06. The summed E-state index contributed by atoms with van der Waals surface area (Å²) in [6.07, 6.45) is 0.